The number of carbonyl (C=O) groups is 1. The Morgan fingerprint density at radius 3 is 2.88 bits per heavy atom. The molecule has 1 aromatic carbocycles. The Morgan fingerprint density at radius 2 is 2.18 bits per heavy atom. The monoisotopic (exact) mass is 249 g/mol. The summed E-state index contributed by atoms with van der Waals surface area (Å²) in [6.07, 6.45) is 0. The molecule has 17 heavy (non-hydrogen) atoms. The van der Waals surface area contributed by atoms with Gasteiger partial charge in [-0.05, 0) is 23.7 Å². The lowest BCUT2D eigenvalue weighted by molar-refractivity contribution is 0.105. The number of rotatable bonds is 2. The molecule has 1 N–H and O–H groups in total. The average molecular weight is 250 g/mol. The molecule has 0 bridgehead atoms. The SMILES string of the molecule is COc1ccc2c(c1)[nH]c1cc(C(=O)Cl)oc12. The molecule has 86 valence electrons. The topological polar surface area (TPSA) is 55.2 Å². The molecule has 0 amide bonds. The van der Waals surface area contributed by atoms with Crippen LogP contribution in [0.25, 0.3) is 22.0 Å². The molecule has 2 aromatic heterocycles. The van der Waals surface area contributed by atoms with Crippen LogP contribution < -0.4 is 4.74 Å². The molecule has 0 saturated heterocycles. The third-order valence-corrected chi connectivity index (χ3v) is 2.85. The highest BCUT2D eigenvalue weighted by Crippen LogP contribution is 2.30. The second-order valence-corrected chi connectivity index (χ2v) is 4.01. The number of methoxy groups -OCH3 is 1. The number of fused-ring (bicyclic) bond motifs is 3. The fourth-order valence-corrected chi connectivity index (χ4v) is 1.97. The second kappa shape index (κ2) is 3.53. The summed E-state index contributed by atoms with van der Waals surface area (Å²) >= 11 is 5.36. The fourth-order valence-electron chi connectivity index (χ4n) is 1.88. The van der Waals surface area contributed by atoms with E-state index in [2.05, 4.69) is 4.98 Å². The molecule has 3 rings (SSSR count). The van der Waals surface area contributed by atoms with Gasteiger partial charge in [-0.2, -0.15) is 0 Å². The Labute approximate surface area is 101 Å². The van der Waals surface area contributed by atoms with E-state index in [1.54, 1.807) is 13.2 Å². The minimum atomic E-state index is -0.601. The van der Waals surface area contributed by atoms with Crippen molar-refractivity contribution in [1.29, 1.82) is 0 Å². The summed E-state index contributed by atoms with van der Waals surface area (Å²) in [5.74, 6) is 0.903. The van der Waals surface area contributed by atoms with Crippen LogP contribution >= 0.6 is 11.6 Å². The van der Waals surface area contributed by atoms with Gasteiger partial charge in [0.1, 0.15) is 5.75 Å². The normalized spacial score (nSPS) is 11.2. The Hall–Kier alpha value is -1.94. The summed E-state index contributed by atoms with van der Waals surface area (Å²) in [4.78, 5) is 14.1. The van der Waals surface area contributed by atoms with Gasteiger partial charge >= 0.3 is 0 Å². The van der Waals surface area contributed by atoms with Crippen molar-refractivity contribution in [1.82, 2.24) is 4.98 Å². The van der Waals surface area contributed by atoms with Gasteiger partial charge in [0.15, 0.2) is 11.3 Å². The van der Waals surface area contributed by atoms with Crippen molar-refractivity contribution < 1.29 is 13.9 Å². The van der Waals surface area contributed by atoms with E-state index in [1.807, 2.05) is 18.2 Å². The van der Waals surface area contributed by atoms with Gasteiger partial charge < -0.3 is 14.1 Å². The molecule has 0 aliphatic rings. The van der Waals surface area contributed by atoms with E-state index in [9.17, 15) is 4.79 Å². The lowest BCUT2D eigenvalue weighted by Gasteiger charge is -1.97. The third kappa shape index (κ3) is 1.49. The number of carbonyl (C=O) groups excluding carboxylic acids is 1. The predicted octanol–water partition coefficient (Wildman–Crippen LogP) is 3.30. The number of aromatic amines is 1. The molecule has 0 spiro atoms. The van der Waals surface area contributed by atoms with Gasteiger partial charge in [0.2, 0.25) is 0 Å². The molecule has 0 radical (unpaired) electrons. The number of nitrogens with one attached hydrogen (secondary N) is 1. The molecule has 0 saturated carbocycles. The molecule has 2 heterocycles. The number of aromatic nitrogens is 1. The summed E-state index contributed by atoms with van der Waals surface area (Å²) in [6, 6.07) is 7.17. The van der Waals surface area contributed by atoms with E-state index in [0.717, 1.165) is 22.2 Å². The molecule has 4 nitrogen and oxygen atoms in total. The highest BCUT2D eigenvalue weighted by Gasteiger charge is 2.14. The molecule has 5 heteroatoms. The highest BCUT2D eigenvalue weighted by molar-refractivity contribution is 6.67. The minimum Gasteiger partial charge on any atom is -0.497 e. The maximum atomic E-state index is 11.0. The van der Waals surface area contributed by atoms with Crippen LogP contribution in [0.5, 0.6) is 5.75 Å². The Kier molecular flexibility index (Phi) is 2.12. The van der Waals surface area contributed by atoms with Crippen LogP contribution in [0.2, 0.25) is 0 Å². The number of ether oxygens (including phenoxy) is 1. The van der Waals surface area contributed by atoms with Crippen molar-refractivity contribution in [3.8, 4) is 5.75 Å². The molecule has 0 aliphatic carbocycles. The van der Waals surface area contributed by atoms with Gasteiger partial charge in [0.05, 0.1) is 18.1 Å². The van der Waals surface area contributed by atoms with Crippen molar-refractivity contribution in [2.75, 3.05) is 7.11 Å². The molecule has 0 aliphatic heterocycles. The van der Waals surface area contributed by atoms with E-state index >= 15 is 0 Å². The number of hydrogen-bond donors (Lipinski definition) is 1. The van der Waals surface area contributed by atoms with Gasteiger partial charge in [-0.15, -0.1) is 0 Å². The van der Waals surface area contributed by atoms with E-state index in [1.165, 1.54) is 0 Å². The first kappa shape index (κ1) is 10.2. The van der Waals surface area contributed by atoms with Gasteiger partial charge in [-0.1, -0.05) is 0 Å². The first-order valence-electron chi connectivity index (χ1n) is 4.98. The maximum absolute atomic E-state index is 11.0. The first-order valence-corrected chi connectivity index (χ1v) is 5.36. The fraction of sp³-hybridized carbons (Fsp3) is 0.0833. The van der Waals surface area contributed by atoms with E-state index in [0.29, 0.717) is 5.58 Å². The molecular formula is C12H8ClNO3. The first-order chi connectivity index (χ1) is 8.19. The summed E-state index contributed by atoms with van der Waals surface area (Å²) in [5, 5.41) is 0.293. The second-order valence-electron chi connectivity index (χ2n) is 3.66. The number of benzene rings is 1. The van der Waals surface area contributed by atoms with Crippen molar-refractivity contribution in [3.05, 3.63) is 30.0 Å². The number of hydrogen-bond acceptors (Lipinski definition) is 3. The van der Waals surface area contributed by atoms with Crippen molar-refractivity contribution >= 4 is 38.8 Å². The van der Waals surface area contributed by atoms with Crippen LogP contribution in [-0.2, 0) is 0 Å². The van der Waals surface area contributed by atoms with Gasteiger partial charge in [-0.25, -0.2) is 0 Å². The van der Waals surface area contributed by atoms with Crippen LogP contribution in [0.4, 0.5) is 0 Å². The summed E-state index contributed by atoms with van der Waals surface area (Å²) in [6.45, 7) is 0. The Balaban J connectivity index is 2.30. The van der Waals surface area contributed by atoms with Crippen molar-refractivity contribution in [2.24, 2.45) is 0 Å². The zero-order chi connectivity index (χ0) is 12.0. The molecule has 0 atom stereocenters. The highest BCUT2D eigenvalue weighted by atomic mass is 35.5. The van der Waals surface area contributed by atoms with Crippen molar-refractivity contribution in [2.45, 2.75) is 0 Å². The number of halogens is 1. The molecule has 0 fully saturated rings. The van der Waals surface area contributed by atoms with Crippen LogP contribution in [0, 0.1) is 0 Å². The smallest absolute Gasteiger partial charge is 0.287 e. The van der Waals surface area contributed by atoms with Crippen LogP contribution in [-0.4, -0.2) is 17.3 Å². The summed E-state index contributed by atoms with van der Waals surface area (Å²) in [7, 11) is 1.61. The molecule has 3 aromatic rings. The average Bonchev–Trinajstić information content (AvgIpc) is 2.84. The van der Waals surface area contributed by atoms with E-state index < -0.39 is 5.24 Å². The van der Waals surface area contributed by atoms with Gasteiger partial charge in [0, 0.05) is 17.5 Å². The van der Waals surface area contributed by atoms with Crippen LogP contribution in [0.3, 0.4) is 0 Å². The van der Waals surface area contributed by atoms with E-state index in [-0.39, 0.29) is 5.76 Å². The lowest BCUT2D eigenvalue weighted by atomic mass is 10.2. The zero-order valence-electron chi connectivity index (χ0n) is 8.91. The number of H-pyrrole nitrogens is 1. The van der Waals surface area contributed by atoms with Crippen LogP contribution in [0.15, 0.2) is 28.7 Å². The van der Waals surface area contributed by atoms with Gasteiger partial charge in [-0.3, -0.25) is 4.79 Å². The minimum absolute atomic E-state index is 0.144. The Morgan fingerprint density at radius 1 is 1.35 bits per heavy atom. The summed E-state index contributed by atoms with van der Waals surface area (Å²) in [5.41, 5.74) is 2.27. The van der Waals surface area contributed by atoms with Crippen LogP contribution in [0.1, 0.15) is 10.6 Å². The largest absolute Gasteiger partial charge is 0.497 e. The standard InChI is InChI=1S/C12H8ClNO3/c1-16-6-2-3-7-8(4-6)14-9-5-10(12(13)15)17-11(7)9/h2-5,14H,1H3. The van der Waals surface area contributed by atoms with Gasteiger partial charge in [0.25, 0.3) is 5.24 Å². The third-order valence-electron chi connectivity index (χ3n) is 2.67. The molecular weight excluding hydrogens is 242 g/mol. The van der Waals surface area contributed by atoms with Crippen molar-refractivity contribution in [3.63, 3.8) is 0 Å². The Bertz CT molecular complexity index is 726. The number of furan rings is 1. The quantitative estimate of drug-likeness (QED) is 0.709. The lowest BCUT2D eigenvalue weighted by Crippen LogP contribution is -1.83. The summed E-state index contributed by atoms with van der Waals surface area (Å²) < 4.78 is 10.5. The predicted molar refractivity (Wildman–Crippen MR) is 64.8 cm³/mol. The van der Waals surface area contributed by atoms with E-state index in [4.69, 9.17) is 20.8 Å². The zero-order valence-corrected chi connectivity index (χ0v) is 9.67. The maximum Gasteiger partial charge on any atom is 0.287 e. The molecule has 0 unspecified atom stereocenters.